The molecule has 2 aliphatic heterocycles. The Kier molecular flexibility index (Phi) is 2.14. The summed E-state index contributed by atoms with van der Waals surface area (Å²) in [5.41, 5.74) is 1.93. The summed E-state index contributed by atoms with van der Waals surface area (Å²) in [4.78, 5) is 4.52. The Morgan fingerprint density at radius 2 is 2.11 bits per heavy atom. The molecule has 0 saturated carbocycles. The van der Waals surface area contributed by atoms with Crippen molar-refractivity contribution in [3.8, 4) is 0 Å². The van der Waals surface area contributed by atoms with E-state index in [0.29, 0.717) is 12.4 Å². The Hall–Kier alpha value is -1.43. The number of aliphatic hydroxyl groups is 1. The molecule has 19 heavy (non-hydrogen) atoms. The van der Waals surface area contributed by atoms with Gasteiger partial charge in [-0.05, 0) is 26.0 Å². The molecule has 0 aliphatic carbocycles. The zero-order valence-electron chi connectivity index (χ0n) is 10.9. The van der Waals surface area contributed by atoms with Crippen molar-refractivity contribution in [3.63, 3.8) is 0 Å². The zero-order valence-corrected chi connectivity index (χ0v) is 10.9. The lowest BCUT2D eigenvalue weighted by atomic mass is 10.0. The van der Waals surface area contributed by atoms with Crippen molar-refractivity contribution >= 4 is 11.0 Å². The molecule has 0 bridgehead atoms. The maximum Gasteiger partial charge on any atom is 0.164 e. The minimum absolute atomic E-state index is 0.130. The normalized spacial score (nSPS) is 32.3. The smallest absolute Gasteiger partial charge is 0.164 e. The first-order valence-electron chi connectivity index (χ1n) is 6.54. The van der Waals surface area contributed by atoms with Crippen LogP contribution in [0.2, 0.25) is 0 Å². The van der Waals surface area contributed by atoms with Gasteiger partial charge < -0.3 is 19.1 Å². The molecule has 1 N–H and O–H groups in total. The van der Waals surface area contributed by atoms with E-state index in [2.05, 4.69) is 4.98 Å². The zero-order chi connectivity index (χ0) is 13.2. The molecule has 0 radical (unpaired) electrons. The number of para-hydroxylation sites is 2. The van der Waals surface area contributed by atoms with E-state index >= 15 is 0 Å². The molecule has 1 aromatic carbocycles. The average Bonchev–Trinajstić information content (AvgIpc) is 2.87. The second-order valence-electron chi connectivity index (χ2n) is 5.65. The summed E-state index contributed by atoms with van der Waals surface area (Å²) in [6.07, 6.45) is -1.21. The highest BCUT2D eigenvalue weighted by atomic mass is 16.8. The first-order valence-corrected chi connectivity index (χ1v) is 6.54. The number of nitrogens with zero attached hydrogens (tertiary/aromatic N) is 2. The summed E-state index contributed by atoms with van der Waals surface area (Å²) in [6.45, 7) is 4.42. The first-order chi connectivity index (χ1) is 9.05. The third-order valence-corrected chi connectivity index (χ3v) is 3.84. The van der Waals surface area contributed by atoms with E-state index in [9.17, 15) is 5.11 Å². The summed E-state index contributed by atoms with van der Waals surface area (Å²) in [7, 11) is 0. The van der Waals surface area contributed by atoms with Gasteiger partial charge in [0.1, 0.15) is 24.1 Å². The lowest BCUT2D eigenvalue weighted by Crippen LogP contribution is -2.39. The summed E-state index contributed by atoms with van der Waals surface area (Å²) in [5, 5.41) is 10.5. The van der Waals surface area contributed by atoms with E-state index in [1.54, 1.807) is 0 Å². The van der Waals surface area contributed by atoms with Crippen LogP contribution in [0.5, 0.6) is 0 Å². The van der Waals surface area contributed by atoms with Gasteiger partial charge in [0.2, 0.25) is 0 Å². The first kappa shape index (κ1) is 11.4. The van der Waals surface area contributed by atoms with E-state index in [-0.39, 0.29) is 12.2 Å². The van der Waals surface area contributed by atoms with Crippen LogP contribution in [0.1, 0.15) is 25.8 Å². The monoisotopic (exact) mass is 260 g/mol. The van der Waals surface area contributed by atoms with Gasteiger partial charge in [-0.1, -0.05) is 12.1 Å². The molecule has 5 nitrogen and oxygen atoms in total. The van der Waals surface area contributed by atoms with Crippen molar-refractivity contribution < 1.29 is 14.6 Å². The van der Waals surface area contributed by atoms with Gasteiger partial charge in [0.05, 0.1) is 17.6 Å². The van der Waals surface area contributed by atoms with E-state index in [4.69, 9.17) is 9.47 Å². The van der Waals surface area contributed by atoms with Crippen LogP contribution in [0.15, 0.2) is 24.3 Å². The van der Waals surface area contributed by atoms with Crippen LogP contribution in [0.3, 0.4) is 0 Å². The fourth-order valence-corrected chi connectivity index (χ4v) is 3.11. The molecular formula is C14H16N2O3. The van der Waals surface area contributed by atoms with Crippen molar-refractivity contribution in [1.29, 1.82) is 0 Å². The molecule has 5 heteroatoms. The van der Waals surface area contributed by atoms with Gasteiger partial charge in [-0.2, -0.15) is 0 Å². The molecule has 0 spiro atoms. The molecule has 1 fully saturated rings. The number of aromatic nitrogens is 2. The minimum atomic E-state index is -0.743. The SMILES string of the molecule is CC1(C)O[C@@H]2[C@H](O)c3nc4ccccc4n3C[C@H]2O1. The third-order valence-electron chi connectivity index (χ3n) is 3.84. The highest BCUT2D eigenvalue weighted by Gasteiger charge is 2.49. The molecule has 2 aliphatic rings. The van der Waals surface area contributed by atoms with Crippen LogP contribution in [-0.2, 0) is 16.0 Å². The Bertz CT molecular complexity index is 649. The fraction of sp³-hybridized carbons (Fsp3) is 0.500. The minimum Gasteiger partial charge on any atom is -0.382 e. The van der Waals surface area contributed by atoms with Gasteiger partial charge in [-0.3, -0.25) is 0 Å². The number of hydrogen-bond donors (Lipinski definition) is 1. The Morgan fingerprint density at radius 1 is 1.32 bits per heavy atom. The van der Waals surface area contributed by atoms with Gasteiger partial charge >= 0.3 is 0 Å². The molecule has 1 saturated heterocycles. The lowest BCUT2D eigenvalue weighted by Gasteiger charge is -2.28. The molecular weight excluding hydrogens is 244 g/mol. The molecule has 0 amide bonds. The molecule has 2 aromatic rings. The number of imidazole rings is 1. The quantitative estimate of drug-likeness (QED) is 0.781. The molecule has 0 unspecified atom stereocenters. The van der Waals surface area contributed by atoms with E-state index in [1.165, 1.54) is 0 Å². The van der Waals surface area contributed by atoms with E-state index in [1.807, 2.05) is 42.7 Å². The second-order valence-corrected chi connectivity index (χ2v) is 5.65. The molecule has 100 valence electrons. The second kappa shape index (κ2) is 3.56. The van der Waals surface area contributed by atoms with Crippen LogP contribution in [0.25, 0.3) is 11.0 Å². The number of rotatable bonds is 0. The van der Waals surface area contributed by atoms with Gasteiger partial charge in [0.25, 0.3) is 0 Å². The maximum absolute atomic E-state index is 10.5. The topological polar surface area (TPSA) is 56.5 Å². The maximum atomic E-state index is 10.5. The summed E-state index contributed by atoms with van der Waals surface area (Å²) >= 11 is 0. The molecule has 1 aromatic heterocycles. The number of aliphatic hydroxyl groups excluding tert-OH is 1. The van der Waals surface area contributed by atoms with Crippen molar-refractivity contribution in [1.82, 2.24) is 9.55 Å². The number of benzene rings is 1. The highest BCUT2D eigenvalue weighted by molar-refractivity contribution is 5.76. The Morgan fingerprint density at radius 3 is 2.95 bits per heavy atom. The predicted molar refractivity (Wildman–Crippen MR) is 68.5 cm³/mol. The van der Waals surface area contributed by atoms with Crippen molar-refractivity contribution in [2.75, 3.05) is 0 Å². The van der Waals surface area contributed by atoms with Crippen molar-refractivity contribution in [2.45, 2.75) is 44.5 Å². The molecule has 3 heterocycles. The summed E-state index contributed by atoms with van der Waals surface area (Å²) in [5.74, 6) is 0.0274. The summed E-state index contributed by atoms with van der Waals surface area (Å²) in [6, 6.07) is 7.89. The van der Waals surface area contributed by atoms with E-state index in [0.717, 1.165) is 11.0 Å². The van der Waals surface area contributed by atoms with Gasteiger partial charge in [0, 0.05) is 0 Å². The predicted octanol–water partition coefficient (Wildman–Crippen LogP) is 1.60. The average molecular weight is 260 g/mol. The number of fused-ring (bicyclic) bond motifs is 4. The Labute approximate surface area is 110 Å². The van der Waals surface area contributed by atoms with Crippen LogP contribution < -0.4 is 0 Å². The van der Waals surface area contributed by atoms with Gasteiger partial charge in [0.15, 0.2) is 5.79 Å². The third kappa shape index (κ3) is 1.55. The lowest BCUT2D eigenvalue weighted by molar-refractivity contribution is -0.154. The van der Waals surface area contributed by atoms with Gasteiger partial charge in [-0.15, -0.1) is 0 Å². The summed E-state index contributed by atoms with van der Waals surface area (Å²) < 4.78 is 13.7. The van der Waals surface area contributed by atoms with Gasteiger partial charge in [-0.25, -0.2) is 4.98 Å². The van der Waals surface area contributed by atoms with Crippen LogP contribution in [-0.4, -0.2) is 32.7 Å². The van der Waals surface area contributed by atoms with Crippen molar-refractivity contribution in [3.05, 3.63) is 30.1 Å². The molecule has 3 atom stereocenters. The standard InChI is InChI=1S/C14H16N2O3/c1-14(2)18-10-7-16-9-6-4-3-5-8(9)15-13(16)11(17)12(10)19-14/h3-6,10-12,17H,7H2,1-2H3/t10-,11+,12+/m1/s1. The van der Waals surface area contributed by atoms with Crippen LogP contribution in [0.4, 0.5) is 0 Å². The fourth-order valence-electron chi connectivity index (χ4n) is 3.11. The van der Waals surface area contributed by atoms with Crippen LogP contribution in [0, 0.1) is 0 Å². The van der Waals surface area contributed by atoms with Crippen LogP contribution >= 0.6 is 0 Å². The Balaban J connectivity index is 1.84. The number of hydrogen-bond acceptors (Lipinski definition) is 4. The largest absolute Gasteiger partial charge is 0.382 e. The van der Waals surface area contributed by atoms with E-state index < -0.39 is 11.9 Å². The van der Waals surface area contributed by atoms with Crippen molar-refractivity contribution in [2.24, 2.45) is 0 Å². The number of ether oxygens (including phenoxy) is 2. The highest BCUT2D eigenvalue weighted by Crippen LogP contribution is 2.40. The molecule has 4 rings (SSSR count).